The zero-order valence-corrected chi connectivity index (χ0v) is 9.35. The van der Waals surface area contributed by atoms with Gasteiger partial charge in [0.05, 0.1) is 11.8 Å². The van der Waals surface area contributed by atoms with Gasteiger partial charge in [0.1, 0.15) is 6.07 Å². The van der Waals surface area contributed by atoms with Gasteiger partial charge in [0.2, 0.25) is 0 Å². The maximum atomic E-state index is 8.89. The van der Waals surface area contributed by atoms with E-state index in [1.165, 1.54) is 12.6 Å². The zero-order valence-electron chi connectivity index (χ0n) is 9.35. The number of nitrogens with zero attached hydrogens (tertiary/aromatic N) is 4. The highest BCUT2D eigenvalue weighted by molar-refractivity contribution is 5.50. The molecule has 1 aliphatic heterocycles. The van der Waals surface area contributed by atoms with Gasteiger partial charge in [-0.3, -0.25) is 0 Å². The standard InChI is InChI=1S/C11H15N5/c1-16-5-3-9(8-16)7-13-11-10(6-12)2-4-14-15-11/h2,4,9H,3,5,7-8H2,1H3,(H,13,15). The number of anilines is 1. The van der Waals surface area contributed by atoms with Crippen LogP contribution in [-0.2, 0) is 0 Å². The van der Waals surface area contributed by atoms with E-state index in [1.54, 1.807) is 6.07 Å². The summed E-state index contributed by atoms with van der Waals surface area (Å²) in [5, 5.41) is 19.8. The Labute approximate surface area is 95.1 Å². The van der Waals surface area contributed by atoms with Crippen LogP contribution in [0, 0.1) is 17.2 Å². The molecule has 0 amide bonds. The van der Waals surface area contributed by atoms with Crippen LogP contribution in [0.15, 0.2) is 12.3 Å². The number of likely N-dealkylation sites (tertiary alicyclic amines) is 1. The third kappa shape index (κ3) is 2.47. The van der Waals surface area contributed by atoms with Crippen LogP contribution in [0.1, 0.15) is 12.0 Å². The van der Waals surface area contributed by atoms with E-state index in [1.807, 2.05) is 0 Å². The molecular weight excluding hydrogens is 202 g/mol. The number of nitriles is 1. The Hall–Kier alpha value is -1.67. The summed E-state index contributed by atoms with van der Waals surface area (Å²) in [6.07, 6.45) is 2.73. The van der Waals surface area contributed by atoms with Crippen molar-refractivity contribution in [2.45, 2.75) is 6.42 Å². The molecule has 1 fully saturated rings. The van der Waals surface area contributed by atoms with Gasteiger partial charge >= 0.3 is 0 Å². The molecule has 2 heterocycles. The van der Waals surface area contributed by atoms with Crippen LogP contribution >= 0.6 is 0 Å². The Morgan fingerprint density at radius 1 is 1.69 bits per heavy atom. The molecule has 0 aromatic carbocycles. The molecule has 1 aliphatic rings. The summed E-state index contributed by atoms with van der Waals surface area (Å²) in [7, 11) is 2.13. The quantitative estimate of drug-likeness (QED) is 0.807. The average molecular weight is 217 g/mol. The smallest absolute Gasteiger partial charge is 0.166 e. The molecule has 0 bridgehead atoms. The number of nitrogens with one attached hydrogen (secondary N) is 1. The molecule has 0 aliphatic carbocycles. The highest BCUT2D eigenvalue weighted by atomic mass is 15.2. The molecular formula is C11H15N5. The van der Waals surface area contributed by atoms with Crippen LogP contribution in [0.3, 0.4) is 0 Å². The maximum absolute atomic E-state index is 8.89. The first-order chi connectivity index (χ1) is 7.79. The van der Waals surface area contributed by atoms with Crippen LogP contribution < -0.4 is 5.32 Å². The predicted octanol–water partition coefficient (Wildman–Crippen LogP) is 0.712. The molecule has 5 heteroatoms. The van der Waals surface area contributed by atoms with E-state index in [-0.39, 0.29) is 0 Å². The van der Waals surface area contributed by atoms with Gasteiger partial charge in [-0.2, -0.15) is 10.4 Å². The lowest BCUT2D eigenvalue weighted by molar-refractivity contribution is 0.399. The first-order valence-electron chi connectivity index (χ1n) is 5.44. The zero-order chi connectivity index (χ0) is 11.4. The Morgan fingerprint density at radius 2 is 2.56 bits per heavy atom. The normalized spacial score (nSPS) is 20.6. The number of hydrogen-bond donors (Lipinski definition) is 1. The van der Waals surface area contributed by atoms with Gasteiger partial charge < -0.3 is 10.2 Å². The summed E-state index contributed by atoms with van der Waals surface area (Å²) in [5.74, 6) is 1.23. The monoisotopic (exact) mass is 217 g/mol. The second-order valence-electron chi connectivity index (χ2n) is 4.20. The Bertz CT molecular complexity index is 398. The van der Waals surface area contributed by atoms with Gasteiger partial charge in [-0.05, 0) is 32.0 Å². The van der Waals surface area contributed by atoms with Crippen molar-refractivity contribution >= 4 is 5.82 Å². The summed E-state index contributed by atoms with van der Waals surface area (Å²) < 4.78 is 0. The topological polar surface area (TPSA) is 64.8 Å². The Kier molecular flexibility index (Phi) is 3.32. The lowest BCUT2D eigenvalue weighted by atomic mass is 10.1. The molecule has 1 saturated heterocycles. The van der Waals surface area contributed by atoms with Crippen LogP contribution in [-0.4, -0.2) is 41.8 Å². The molecule has 1 aromatic rings. The fraction of sp³-hybridized carbons (Fsp3) is 0.545. The second kappa shape index (κ2) is 4.90. The summed E-state index contributed by atoms with van der Waals surface area (Å²) in [4.78, 5) is 2.31. The van der Waals surface area contributed by atoms with Crippen LogP contribution in [0.5, 0.6) is 0 Å². The van der Waals surface area contributed by atoms with Crippen LogP contribution in [0.25, 0.3) is 0 Å². The molecule has 1 N–H and O–H groups in total. The van der Waals surface area contributed by atoms with Gasteiger partial charge in [0.15, 0.2) is 5.82 Å². The molecule has 0 spiro atoms. The van der Waals surface area contributed by atoms with E-state index in [0.717, 1.165) is 19.6 Å². The van der Waals surface area contributed by atoms with Crippen molar-refractivity contribution in [3.63, 3.8) is 0 Å². The minimum absolute atomic E-state index is 0.557. The third-order valence-electron chi connectivity index (χ3n) is 2.89. The fourth-order valence-electron chi connectivity index (χ4n) is 1.99. The minimum atomic E-state index is 0.557. The first kappa shape index (κ1) is 10.8. The molecule has 1 atom stereocenters. The van der Waals surface area contributed by atoms with E-state index in [4.69, 9.17) is 5.26 Å². The summed E-state index contributed by atoms with van der Waals surface area (Å²) in [5.41, 5.74) is 0.557. The van der Waals surface area contributed by atoms with Gasteiger partial charge in [0.25, 0.3) is 0 Å². The van der Waals surface area contributed by atoms with Gasteiger partial charge in [-0.25, -0.2) is 0 Å². The van der Waals surface area contributed by atoms with Crippen LogP contribution in [0.4, 0.5) is 5.82 Å². The Morgan fingerprint density at radius 3 is 3.25 bits per heavy atom. The third-order valence-corrected chi connectivity index (χ3v) is 2.89. The van der Waals surface area contributed by atoms with Gasteiger partial charge in [-0.15, -0.1) is 5.10 Å². The van der Waals surface area contributed by atoms with E-state index >= 15 is 0 Å². The van der Waals surface area contributed by atoms with E-state index < -0.39 is 0 Å². The van der Waals surface area contributed by atoms with Crippen molar-refractivity contribution in [1.29, 1.82) is 5.26 Å². The summed E-state index contributed by atoms with van der Waals surface area (Å²) in [6.45, 7) is 3.12. The largest absolute Gasteiger partial charge is 0.367 e. The van der Waals surface area contributed by atoms with E-state index in [2.05, 4.69) is 33.5 Å². The Balaban J connectivity index is 1.92. The first-order valence-corrected chi connectivity index (χ1v) is 5.44. The molecule has 5 nitrogen and oxygen atoms in total. The lowest BCUT2D eigenvalue weighted by Crippen LogP contribution is -2.19. The van der Waals surface area contributed by atoms with Crippen molar-refractivity contribution in [3.8, 4) is 6.07 Å². The second-order valence-corrected chi connectivity index (χ2v) is 4.20. The SMILES string of the molecule is CN1CCC(CNc2nnccc2C#N)C1. The van der Waals surface area contributed by atoms with Crippen molar-refractivity contribution in [2.75, 3.05) is 32.0 Å². The predicted molar refractivity (Wildman–Crippen MR) is 60.8 cm³/mol. The van der Waals surface area contributed by atoms with Crippen molar-refractivity contribution in [2.24, 2.45) is 5.92 Å². The molecule has 84 valence electrons. The molecule has 1 unspecified atom stereocenters. The number of hydrogen-bond acceptors (Lipinski definition) is 5. The van der Waals surface area contributed by atoms with Crippen LogP contribution in [0.2, 0.25) is 0 Å². The summed E-state index contributed by atoms with van der Waals surface area (Å²) in [6, 6.07) is 3.78. The fourth-order valence-corrected chi connectivity index (χ4v) is 1.99. The van der Waals surface area contributed by atoms with Crippen molar-refractivity contribution in [3.05, 3.63) is 17.8 Å². The number of rotatable bonds is 3. The number of aromatic nitrogens is 2. The van der Waals surface area contributed by atoms with Gasteiger partial charge in [0, 0.05) is 13.1 Å². The molecule has 2 rings (SSSR count). The molecule has 16 heavy (non-hydrogen) atoms. The summed E-state index contributed by atoms with van der Waals surface area (Å²) >= 11 is 0. The molecule has 1 aromatic heterocycles. The lowest BCUT2D eigenvalue weighted by Gasteiger charge is -2.12. The van der Waals surface area contributed by atoms with E-state index in [0.29, 0.717) is 17.3 Å². The minimum Gasteiger partial charge on any atom is -0.367 e. The highest BCUT2D eigenvalue weighted by Crippen LogP contribution is 2.16. The maximum Gasteiger partial charge on any atom is 0.166 e. The van der Waals surface area contributed by atoms with Crippen molar-refractivity contribution < 1.29 is 0 Å². The average Bonchev–Trinajstić information content (AvgIpc) is 2.73. The van der Waals surface area contributed by atoms with E-state index in [9.17, 15) is 0 Å². The highest BCUT2D eigenvalue weighted by Gasteiger charge is 2.19. The molecule has 0 radical (unpaired) electrons. The van der Waals surface area contributed by atoms with Crippen molar-refractivity contribution in [1.82, 2.24) is 15.1 Å². The molecule has 0 saturated carbocycles. The van der Waals surface area contributed by atoms with Gasteiger partial charge in [-0.1, -0.05) is 0 Å².